The third-order valence-corrected chi connectivity index (χ3v) is 3.73. The van der Waals surface area contributed by atoms with E-state index in [1.54, 1.807) is 12.3 Å². The first-order valence-electron chi connectivity index (χ1n) is 6.19. The predicted molar refractivity (Wildman–Crippen MR) is 74.4 cm³/mol. The third-order valence-electron chi connectivity index (χ3n) is 3.23. The number of aromatic nitrogens is 2. The van der Waals surface area contributed by atoms with Crippen LogP contribution in [-0.2, 0) is 6.54 Å². The quantitative estimate of drug-likeness (QED) is 0.852. The zero-order chi connectivity index (χ0) is 13.4. The van der Waals surface area contributed by atoms with Gasteiger partial charge >= 0.3 is 0 Å². The van der Waals surface area contributed by atoms with E-state index in [0.29, 0.717) is 17.7 Å². The van der Waals surface area contributed by atoms with E-state index in [2.05, 4.69) is 21.0 Å². The van der Waals surface area contributed by atoms with Crippen LogP contribution in [0.1, 0.15) is 35.4 Å². The lowest BCUT2D eigenvalue weighted by molar-refractivity contribution is 0.0850. The molecule has 2 heterocycles. The van der Waals surface area contributed by atoms with Gasteiger partial charge in [0, 0.05) is 22.8 Å². The van der Waals surface area contributed by atoms with E-state index in [1.807, 2.05) is 29.9 Å². The Kier molecular flexibility index (Phi) is 3.14. The fraction of sp³-hybridized carbons (Fsp3) is 0.286. The lowest BCUT2D eigenvalue weighted by Gasteiger charge is -2.24. The van der Waals surface area contributed by atoms with Gasteiger partial charge in [0.2, 0.25) is 0 Å². The smallest absolute Gasteiger partial charge is 0.170 e. The summed E-state index contributed by atoms with van der Waals surface area (Å²) in [5.41, 5.74) is 1.60. The van der Waals surface area contributed by atoms with Gasteiger partial charge in [0.1, 0.15) is 11.9 Å². The van der Waals surface area contributed by atoms with Crippen molar-refractivity contribution in [3.63, 3.8) is 0 Å². The van der Waals surface area contributed by atoms with Crippen molar-refractivity contribution >= 4 is 21.7 Å². The summed E-state index contributed by atoms with van der Waals surface area (Å²) in [5, 5.41) is 4.22. The normalized spacial score (nSPS) is 18.0. The summed E-state index contributed by atoms with van der Waals surface area (Å²) in [7, 11) is 0. The third kappa shape index (κ3) is 2.30. The monoisotopic (exact) mass is 320 g/mol. The number of aryl methyl sites for hydroxylation is 1. The second kappa shape index (κ2) is 4.81. The van der Waals surface area contributed by atoms with Crippen LogP contribution in [0.5, 0.6) is 5.75 Å². The highest BCUT2D eigenvalue weighted by Gasteiger charge is 2.28. The minimum absolute atomic E-state index is 0.114. The molecule has 1 aromatic carbocycles. The summed E-state index contributed by atoms with van der Waals surface area (Å²) in [6.45, 7) is 2.83. The van der Waals surface area contributed by atoms with Crippen molar-refractivity contribution in [2.24, 2.45) is 0 Å². The fourth-order valence-electron chi connectivity index (χ4n) is 2.20. The first-order chi connectivity index (χ1) is 9.17. The Balaban J connectivity index is 1.93. The number of fused-ring (bicyclic) bond motifs is 1. The molecule has 98 valence electrons. The highest BCUT2D eigenvalue weighted by Crippen LogP contribution is 2.36. The van der Waals surface area contributed by atoms with Crippen molar-refractivity contribution in [3.8, 4) is 5.75 Å². The number of carbonyl (C=O) groups is 1. The van der Waals surface area contributed by atoms with Crippen LogP contribution in [0.2, 0.25) is 0 Å². The molecule has 1 aliphatic rings. The van der Waals surface area contributed by atoms with Crippen LogP contribution in [-0.4, -0.2) is 15.6 Å². The van der Waals surface area contributed by atoms with E-state index >= 15 is 0 Å². The maximum Gasteiger partial charge on any atom is 0.170 e. The molecule has 0 amide bonds. The van der Waals surface area contributed by atoms with Crippen molar-refractivity contribution in [2.75, 3.05) is 0 Å². The Morgan fingerprint density at radius 3 is 3.11 bits per heavy atom. The van der Waals surface area contributed by atoms with E-state index in [0.717, 1.165) is 16.6 Å². The van der Waals surface area contributed by atoms with Gasteiger partial charge in [0.15, 0.2) is 5.78 Å². The molecule has 0 saturated carbocycles. The van der Waals surface area contributed by atoms with Crippen LogP contribution >= 0.6 is 15.9 Å². The summed E-state index contributed by atoms with van der Waals surface area (Å²) in [5.74, 6) is 0.753. The average Bonchev–Trinajstić information content (AvgIpc) is 2.86. The highest BCUT2D eigenvalue weighted by molar-refractivity contribution is 9.10. The average molecular weight is 321 g/mol. The van der Waals surface area contributed by atoms with Gasteiger partial charge in [0.25, 0.3) is 0 Å². The molecule has 0 radical (unpaired) electrons. The zero-order valence-electron chi connectivity index (χ0n) is 10.5. The van der Waals surface area contributed by atoms with Crippen LogP contribution in [0, 0.1) is 0 Å². The Hall–Kier alpha value is -1.62. The molecule has 3 rings (SSSR count). The highest BCUT2D eigenvalue weighted by atomic mass is 79.9. The van der Waals surface area contributed by atoms with Gasteiger partial charge in [-0.25, -0.2) is 0 Å². The van der Waals surface area contributed by atoms with Gasteiger partial charge in [0.05, 0.1) is 18.2 Å². The number of hydrogen-bond donors (Lipinski definition) is 0. The molecule has 0 N–H and O–H groups in total. The Morgan fingerprint density at radius 1 is 1.53 bits per heavy atom. The second-order valence-corrected chi connectivity index (χ2v) is 5.42. The number of carbonyl (C=O) groups excluding carboxylic acids is 1. The predicted octanol–water partition coefficient (Wildman–Crippen LogP) is 3.37. The topological polar surface area (TPSA) is 44.1 Å². The summed E-state index contributed by atoms with van der Waals surface area (Å²) in [6.07, 6.45) is 3.82. The summed E-state index contributed by atoms with van der Waals surface area (Å²) in [4.78, 5) is 12.1. The van der Waals surface area contributed by atoms with Gasteiger partial charge in [-0.15, -0.1) is 0 Å². The number of halogens is 1. The van der Waals surface area contributed by atoms with E-state index in [1.165, 1.54) is 0 Å². The molecule has 1 atom stereocenters. The van der Waals surface area contributed by atoms with Gasteiger partial charge in [-0.3, -0.25) is 9.48 Å². The first-order valence-corrected chi connectivity index (χ1v) is 6.98. The van der Waals surface area contributed by atoms with Crippen LogP contribution in [0.4, 0.5) is 0 Å². The molecular formula is C14H13BrN2O2. The molecule has 2 aromatic rings. The van der Waals surface area contributed by atoms with Crippen molar-refractivity contribution in [1.29, 1.82) is 0 Å². The van der Waals surface area contributed by atoms with Crippen LogP contribution in [0.15, 0.2) is 35.1 Å². The number of ketones is 1. The zero-order valence-corrected chi connectivity index (χ0v) is 12.1. The van der Waals surface area contributed by atoms with Crippen molar-refractivity contribution in [2.45, 2.75) is 26.0 Å². The van der Waals surface area contributed by atoms with Gasteiger partial charge in [-0.05, 0) is 25.1 Å². The molecule has 1 aliphatic heterocycles. The van der Waals surface area contributed by atoms with Gasteiger partial charge < -0.3 is 4.74 Å². The molecule has 19 heavy (non-hydrogen) atoms. The number of hydrogen-bond acceptors (Lipinski definition) is 3. The number of Topliss-reactive ketones (excluding diaryl/α,β-unsaturated/α-hetero) is 1. The molecular weight excluding hydrogens is 308 g/mol. The number of ether oxygens (including phenoxy) is 1. The molecule has 0 aliphatic carbocycles. The van der Waals surface area contributed by atoms with E-state index < -0.39 is 0 Å². The van der Waals surface area contributed by atoms with Crippen LogP contribution in [0.3, 0.4) is 0 Å². The molecule has 5 heteroatoms. The number of benzene rings is 1. The molecule has 4 nitrogen and oxygen atoms in total. The van der Waals surface area contributed by atoms with E-state index in [-0.39, 0.29) is 11.9 Å². The molecule has 1 aromatic heterocycles. The Morgan fingerprint density at radius 2 is 2.37 bits per heavy atom. The lowest BCUT2D eigenvalue weighted by Crippen LogP contribution is -2.20. The summed E-state index contributed by atoms with van der Waals surface area (Å²) in [6, 6.07) is 5.49. The number of nitrogens with zero attached hydrogens (tertiary/aromatic N) is 2. The second-order valence-electron chi connectivity index (χ2n) is 4.50. The molecule has 1 unspecified atom stereocenters. The minimum Gasteiger partial charge on any atom is -0.484 e. The molecule has 0 saturated heterocycles. The largest absolute Gasteiger partial charge is 0.484 e. The molecule has 0 bridgehead atoms. The molecule has 0 fully saturated rings. The van der Waals surface area contributed by atoms with Gasteiger partial charge in [-0.2, -0.15) is 5.10 Å². The van der Waals surface area contributed by atoms with E-state index in [4.69, 9.17) is 4.74 Å². The summed E-state index contributed by atoms with van der Waals surface area (Å²) >= 11 is 3.39. The van der Waals surface area contributed by atoms with Crippen molar-refractivity contribution in [1.82, 2.24) is 9.78 Å². The van der Waals surface area contributed by atoms with Crippen molar-refractivity contribution < 1.29 is 9.53 Å². The fourth-order valence-corrected chi connectivity index (χ4v) is 2.54. The standard InChI is InChI=1S/C14H13BrN2O2/c1-2-17-8-9(7-16-17)13-6-12(18)11-4-3-10(15)5-14(11)19-13/h3-5,7-8,13H,2,6H2,1H3. The Labute approximate surface area is 119 Å². The maximum atomic E-state index is 12.1. The SMILES string of the molecule is CCn1cc(C2CC(=O)c3ccc(Br)cc3O2)cn1. The van der Waals surface area contributed by atoms with Crippen LogP contribution < -0.4 is 4.74 Å². The van der Waals surface area contributed by atoms with E-state index in [9.17, 15) is 4.79 Å². The van der Waals surface area contributed by atoms with Gasteiger partial charge in [-0.1, -0.05) is 15.9 Å². The maximum absolute atomic E-state index is 12.1. The van der Waals surface area contributed by atoms with Crippen LogP contribution in [0.25, 0.3) is 0 Å². The lowest BCUT2D eigenvalue weighted by atomic mass is 9.98. The Bertz CT molecular complexity index is 636. The number of rotatable bonds is 2. The minimum atomic E-state index is -0.241. The molecule has 0 spiro atoms. The summed E-state index contributed by atoms with van der Waals surface area (Å²) < 4.78 is 8.66. The first kappa shape index (κ1) is 12.4. The van der Waals surface area contributed by atoms with Crippen molar-refractivity contribution in [3.05, 3.63) is 46.2 Å².